The number of carbonyl (C=O) groups excluding carboxylic acids is 1. The van der Waals surface area contributed by atoms with Gasteiger partial charge in [0.25, 0.3) is 0 Å². The molecule has 0 saturated heterocycles. The third-order valence-electron chi connectivity index (χ3n) is 1.39. The summed E-state index contributed by atoms with van der Waals surface area (Å²) in [7, 11) is 0. The highest BCUT2D eigenvalue weighted by Gasteiger charge is 2.04. The normalized spacial score (nSPS) is 10.6. The molecule has 2 aromatic rings. The van der Waals surface area contributed by atoms with Crippen LogP contribution in [0.4, 0.5) is 0 Å². The standard InChI is InChI=1S/C6H5N3OS/c1-4-7-2-6-9(4)8-5(3-10)11-6/h2-3H,1H3. The van der Waals surface area contributed by atoms with Gasteiger partial charge in [-0.1, -0.05) is 11.3 Å². The molecule has 0 radical (unpaired) electrons. The molecule has 0 N–H and O–H groups in total. The third-order valence-corrected chi connectivity index (χ3v) is 2.26. The first kappa shape index (κ1) is 6.48. The molecule has 0 atom stereocenters. The number of fused-ring (bicyclic) bond motifs is 1. The Morgan fingerprint density at radius 2 is 2.55 bits per heavy atom. The maximum atomic E-state index is 10.3. The number of rotatable bonds is 1. The third kappa shape index (κ3) is 0.848. The van der Waals surface area contributed by atoms with Crippen molar-refractivity contribution in [2.45, 2.75) is 6.92 Å². The fourth-order valence-corrected chi connectivity index (χ4v) is 1.63. The Bertz CT molecular complexity index is 403. The van der Waals surface area contributed by atoms with E-state index in [2.05, 4.69) is 10.1 Å². The van der Waals surface area contributed by atoms with Crippen LogP contribution in [0.1, 0.15) is 15.6 Å². The largest absolute Gasteiger partial charge is 0.295 e. The molecule has 0 fully saturated rings. The van der Waals surface area contributed by atoms with Crippen molar-refractivity contribution in [2.75, 3.05) is 0 Å². The number of aldehydes is 1. The smallest absolute Gasteiger partial charge is 0.180 e. The van der Waals surface area contributed by atoms with Crippen LogP contribution in [-0.2, 0) is 0 Å². The van der Waals surface area contributed by atoms with Gasteiger partial charge >= 0.3 is 0 Å². The summed E-state index contributed by atoms with van der Waals surface area (Å²) in [6, 6.07) is 0. The Labute approximate surface area is 66.5 Å². The Morgan fingerprint density at radius 1 is 1.73 bits per heavy atom. The average molecular weight is 167 g/mol. The minimum atomic E-state index is 0.491. The van der Waals surface area contributed by atoms with E-state index in [9.17, 15) is 4.79 Å². The molecule has 5 heteroatoms. The number of nitrogens with zero attached hydrogens (tertiary/aromatic N) is 3. The van der Waals surface area contributed by atoms with Crippen molar-refractivity contribution in [3.8, 4) is 0 Å². The van der Waals surface area contributed by atoms with Crippen molar-refractivity contribution >= 4 is 22.5 Å². The summed E-state index contributed by atoms with van der Waals surface area (Å²) in [6.45, 7) is 1.85. The Morgan fingerprint density at radius 3 is 3.18 bits per heavy atom. The number of aryl methyl sites for hydroxylation is 1. The quantitative estimate of drug-likeness (QED) is 0.593. The zero-order chi connectivity index (χ0) is 7.84. The first-order chi connectivity index (χ1) is 5.31. The highest BCUT2D eigenvalue weighted by atomic mass is 32.1. The first-order valence-corrected chi connectivity index (χ1v) is 3.89. The van der Waals surface area contributed by atoms with Crippen molar-refractivity contribution in [2.24, 2.45) is 0 Å². The van der Waals surface area contributed by atoms with E-state index >= 15 is 0 Å². The lowest BCUT2D eigenvalue weighted by molar-refractivity contribution is 0.112. The van der Waals surface area contributed by atoms with E-state index in [1.807, 2.05) is 6.92 Å². The minimum Gasteiger partial charge on any atom is -0.295 e. The molecule has 0 unspecified atom stereocenters. The molecule has 0 aliphatic carbocycles. The molecule has 0 aromatic carbocycles. The Balaban J connectivity index is 2.79. The molecule has 2 rings (SSSR count). The van der Waals surface area contributed by atoms with Gasteiger partial charge < -0.3 is 0 Å². The van der Waals surface area contributed by atoms with Crippen LogP contribution in [-0.4, -0.2) is 20.9 Å². The Kier molecular flexibility index (Phi) is 1.25. The van der Waals surface area contributed by atoms with Crippen LogP contribution < -0.4 is 0 Å². The number of hydrogen-bond donors (Lipinski definition) is 0. The van der Waals surface area contributed by atoms with E-state index in [1.165, 1.54) is 11.3 Å². The summed E-state index contributed by atoms with van der Waals surface area (Å²) >= 11 is 1.34. The second-order valence-electron chi connectivity index (χ2n) is 2.11. The fourth-order valence-electron chi connectivity index (χ4n) is 0.882. The maximum Gasteiger partial charge on any atom is 0.180 e. The molecule has 2 heterocycles. The van der Waals surface area contributed by atoms with E-state index in [0.717, 1.165) is 16.9 Å². The molecular formula is C6H5N3OS. The van der Waals surface area contributed by atoms with Crippen LogP contribution >= 0.6 is 11.3 Å². The van der Waals surface area contributed by atoms with Crippen LogP contribution in [0.15, 0.2) is 6.20 Å². The highest BCUT2D eigenvalue weighted by Crippen LogP contribution is 2.13. The lowest BCUT2D eigenvalue weighted by Gasteiger charge is -1.81. The summed E-state index contributed by atoms with van der Waals surface area (Å²) in [5.41, 5.74) is 0. The van der Waals surface area contributed by atoms with Crippen LogP contribution in [0.5, 0.6) is 0 Å². The van der Waals surface area contributed by atoms with Crippen molar-refractivity contribution in [1.82, 2.24) is 14.6 Å². The van der Waals surface area contributed by atoms with Gasteiger partial charge in [0.2, 0.25) is 0 Å². The van der Waals surface area contributed by atoms with Gasteiger partial charge in [0.05, 0.1) is 6.20 Å². The molecular weight excluding hydrogens is 162 g/mol. The average Bonchev–Trinajstić information content (AvgIpc) is 2.53. The van der Waals surface area contributed by atoms with Crippen LogP contribution in [0.25, 0.3) is 4.83 Å². The molecule has 0 bridgehead atoms. The summed E-state index contributed by atoms with van der Waals surface area (Å²) in [5.74, 6) is 0.810. The van der Waals surface area contributed by atoms with Crippen molar-refractivity contribution in [3.05, 3.63) is 17.0 Å². The number of hydrogen-bond acceptors (Lipinski definition) is 4. The van der Waals surface area contributed by atoms with E-state index in [1.54, 1.807) is 10.7 Å². The van der Waals surface area contributed by atoms with Crippen LogP contribution in [0.3, 0.4) is 0 Å². The molecule has 0 spiro atoms. The first-order valence-electron chi connectivity index (χ1n) is 3.07. The van der Waals surface area contributed by atoms with E-state index in [4.69, 9.17) is 0 Å². The zero-order valence-corrected chi connectivity index (χ0v) is 6.63. The van der Waals surface area contributed by atoms with Gasteiger partial charge in [0.15, 0.2) is 11.3 Å². The van der Waals surface area contributed by atoms with Crippen LogP contribution in [0.2, 0.25) is 0 Å². The summed E-state index contributed by atoms with van der Waals surface area (Å²) in [4.78, 5) is 15.2. The predicted molar refractivity (Wildman–Crippen MR) is 41.0 cm³/mol. The van der Waals surface area contributed by atoms with Gasteiger partial charge in [-0.25, -0.2) is 9.50 Å². The van der Waals surface area contributed by atoms with Gasteiger partial charge in [0, 0.05) is 0 Å². The maximum absolute atomic E-state index is 10.3. The SMILES string of the molecule is Cc1ncc2sc(C=O)nn12. The van der Waals surface area contributed by atoms with Crippen LogP contribution in [0, 0.1) is 6.92 Å². The van der Waals surface area contributed by atoms with E-state index < -0.39 is 0 Å². The molecule has 0 amide bonds. The molecule has 4 nitrogen and oxygen atoms in total. The predicted octanol–water partition coefficient (Wildman–Crippen LogP) is 0.912. The molecule has 0 aliphatic heterocycles. The topological polar surface area (TPSA) is 47.3 Å². The molecule has 2 aromatic heterocycles. The van der Waals surface area contributed by atoms with Gasteiger partial charge in [-0.3, -0.25) is 4.79 Å². The minimum absolute atomic E-state index is 0.491. The molecule has 11 heavy (non-hydrogen) atoms. The Hall–Kier alpha value is -1.23. The molecule has 0 saturated carbocycles. The summed E-state index contributed by atoms with van der Waals surface area (Å²) in [5, 5.41) is 4.49. The van der Waals surface area contributed by atoms with E-state index in [-0.39, 0.29) is 0 Å². The summed E-state index contributed by atoms with van der Waals surface area (Å²) in [6.07, 6.45) is 2.46. The van der Waals surface area contributed by atoms with Crippen molar-refractivity contribution < 1.29 is 4.79 Å². The second kappa shape index (κ2) is 2.13. The van der Waals surface area contributed by atoms with Crippen molar-refractivity contribution in [3.63, 3.8) is 0 Å². The number of aromatic nitrogens is 3. The number of carbonyl (C=O) groups is 1. The second-order valence-corrected chi connectivity index (χ2v) is 3.15. The monoisotopic (exact) mass is 167 g/mol. The fraction of sp³-hybridized carbons (Fsp3) is 0.167. The summed E-state index contributed by atoms with van der Waals surface area (Å²) < 4.78 is 1.66. The molecule has 56 valence electrons. The lowest BCUT2D eigenvalue weighted by atomic mass is 10.7. The van der Waals surface area contributed by atoms with Crippen molar-refractivity contribution in [1.29, 1.82) is 0 Å². The van der Waals surface area contributed by atoms with Gasteiger partial charge in [-0.15, -0.1) is 0 Å². The number of imidazole rings is 1. The van der Waals surface area contributed by atoms with Gasteiger partial charge in [-0.2, -0.15) is 5.10 Å². The zero-order valence-electron chi connectivity index (χ0n) is 5.81. The van der Waals surface area contributed by atoms with Gasteiger partial charge in [-0.05, 0) is 6.92 Å². The highest BCUT2D eigenvalue weighted by molar-refractivity contribution is 7.18. The lowest BCUT2D eigenvalue weighted by Crippen LogP contribution is -1.89. The molecule has 0 aliphatic rings. The van der Waals surface area contributed by atoms with E-state index in [0.29, 0.717) is 5.01 Å². The van der Waals surface area contributed by atoms with Gasteiger partial charge in [0.1, 0.15) is 10.7 Å².